The molecule has 0 unspecified atom stereocenters. The average molecular weight is 328 g/mol. The average Bonchev–Trinajstić information content (AvgIpc) is 2.37. The van der Waals surface area contributed by atoms with E-state index in [1.807, 2.05) is 13.8 Å². The monoisotopic (exact) mass is 328 g/mol. The second-order valence-electron chi connectivity index (χ2n) is 5.76. The van der Waals surface area contributed by atoms with E-state index < -0.39 is 15.6 Å². The Morgan fingerprint density at radius 1 is 1.38 bits per heavy atom. The van der Waals surface area contributed by atoms with Crippen LogP contribution in [0.1, 0.15) is 25.0 Å². The zero-order valence-corrected chi connectivity index (χ0v) is 13.8. The molecular weight excluding hydrogens is 308 g/mol. The molecule has 0 saturated carbocycles. The van der Waals surface area contributed by atoms with E-state index in [0.717, 1.165) is 11.1 Å². The first-order valence-corrected chi connectivity index (χ1v) is 8.72. The molecule has 0 aromatic heterocycles. The van der Waals surface area contributed by atoms with Gasteiger partial charge in [-0.2, -0.15) is 4.31 Å². The molecule has 1 aromatic carbocycles. The maximum atomic E-state index is 12.5. The predicted octanol–water partition coefficient (Wildman–Crippen LogP) is 1.26. The van der Waals surface area contributed by atoms with Gasteiger partial charge in [0.05, 0.1) is 18.0 Å². The lowest BCUT2D eigenvalue weighted by atomic mass is 10.1. The summed E-state index contributed by atoms with van der Waals surface area (Å²) in [5.74, 6) is -0.0271. The van der Waals surface area contributed by atoms with Crippen LogP contribution in [0.15, 0.2) is 24.3 Å². The molecule has 0 atom stereocenters. The number of rotatable bonds is 4. The molecule has 116 valence electrons. The lowest BCUT2D eigenvalue weighted by molar-refractivity contribution is -0.0640. The van der Waals surface area contributed by atoms with Gasteiger partial charge in [-0.3, -0.25) is 0 Å². The second kappa shape index (κ2) is 6.00. The van der Waals surface area contributed by atoms with Crippen LogP contribution in [0.5, 0.6) is 0 Å². The molecule has 1 aliphatic rings. The van der Waals surface area contributed by atoms with Gasteiger partial charge in [0, 0.05) is 18.7 Å². The van der Waals surface area contributed by atoms with E-state index in [1.54, 1.807) is 24.3 Å². The number of ether oxygens (including phenoxy) is 1. The first-order chi connectivity index (χ1) is 9.70. The topological polar surface area (TPSA) is 72.6 Å². The van der Waals surface area contributed by atoms with Crippen molar-refractivity contribution in [3.63, 3.8) is 0 Å². The van der Waals surface area contributed by atoms with Gasteiger partial charge in [0.15, 0.2) is 0 Å². The molecule has 0 bridgehead atoms. The molecule has 1 aromatic rings. The Bertz CT molecular complexity index is 624. The van der Waals surface area contributed by atoms with Crippen molar-refractivity contribution >= 4 is 27.2 Å². The minimum Gasteiger partial charge on any atom is -0.389 e. The standard InChI is InChI=1S/C14H20N2O3S2/c1-14(2)10-16(7-8-19-14)21(17,18)9-11-3-5-12(6-4-11)13(15)20/h3-6H,7-10H2,1-2H3,(H2,15,20). The summed E-state index contributed by atoms with van der Waals surface area (Å²) < 4.78 is 32.0. The molecule has 21 heavy (non-hydrogen) atoms. The van der Waals surface area contributed by atoms with Crippen molar-refractivity contribution in [2.45, 2.75) is 25.2 Å². The Labute approximate surface area is 131 Å². The van der Waals surface area contributed by atoms with Crippen LogP contribution in [-0.4, -0.2) is 43.0 Å². The summed E-state index contributed by atoms with van der Waals surface area (Å²) in [6, 6.07) is 6.99. The first kappa shape index (κ1) is 16.4. The fourth-order valence-electron chi connectivity index (χ4n) is 2.28. The van der Waals surface area contributed by atoms with Gasteiger partial charge in [-0.25, -0.2) is 8.42 Å². The van der Waals surface area contributed by atoms with Crippen molar-refractivity contribution in [1.29, 1.82) is 0 Å². The van der Waals surface area contributed by atoms with Crippen LogP contribution in [0, 0.1) is 0 Å². The molecule has 0 spiro atoms. The third-order valence-electron chi connectivity index (χ3n) is 3.37. The Kier molecular flexibility index (Phi) is 4.67. The molecule has 2 rings (SSSR count). The van der Waals surface area contributed by atoms with E-state index in [0.29, 0.717) is 24.7 Å². The van der Waals surface area contributed by atoms with Gasteiger partial charge in [0.2, 0.25) is 10.0 Å². The van der Waals surface area contributed by atoms with Gasteiger partial charge in [0.25, 0.3) is 0 Å². The number of nitrogens with zero attached hydrogens (tertiary/aromatic N) is 1. The van der Waals surface area contributed by atoms with Crippen LogP contribution in [0.2, 0.25) is 0 Å². The summed E-state index contributed by atoms with van der Waals surface area (Å²) in [6.07, 6.45) is 0. The van der Waals surface area contributed by atoms with Crippen molar-refractivity contribution in [3.05, 3.63) is 35.4 Å². The van der Waals surface area contributed by atoms with Crippen molar-refractivity contribution < 1.29 is 13.2 Å². The SMILES string of the molecule is CC1(C)CN(S(=O)(=O)Cc2ccc(C(N)=S)cc2)CCO1. The molecule has 0 amide bonds. The molecule has 1 saturated heterocycles. The first-order valence-electron chi connectivity index (χ1n) is 6.70. The Morgan fingerprint density at radius 2 is 2.00 bits per heavy atom. The molecule has 7 heteroatoms. The van der Waals surface area contributed by atoms with Crippen LogP contribution in [0.25, 0.3) is 0 Å². The molecule has 2 N–H and O–H groups in total. The molecule has 0 aliphatic carbocycles. The maximum Gasteiger partial charge on any atom is 0.218 e. The van der Waals surface area contributed by atoms with Gasteiger partial charge < -0.3 is 10.5 Å². The van der Waals surface area contributed by atoms with Crippen LogP contribution in [0.4, 0.5) is 0 Å². The summed E-state index contributed by atoms with van der Waals surface area (Å²) >= 11 is 4.88. The Morgan fingerprint density at radius 3 is 2.52 bits per heavy atom. The van der Waals surface area contributed by atoms with Crippen LogP contribution in [-0.2, 0) is 20.5 Å². The molecule has 5 nitrogen and oxygen atoms in total. The maximum absolute atomic E-state index is 12.5. The minimum absolute atomic E-state index is 0.0271. The molecule has 0 radical (unpaired) electrons. The highest BCUT2D eigenvalue weighted by Crippen LogP contribution is 2.21. The lowest BCUT2D eigenvalue weighted by Gasteiger charge is -2.37. The number of sulfonamides is 1. The lowest BCUT2D eigenvalue weighted by Crippen LogP contribution is -2.50. The Hall–Kier alpha value is -1.02. The van der Waals surface area contributed by atoms with Gasteiger partial charge >= 0.3 is 0 Å². The number of benzene rings is 1. The van der Waals surface area contributed by atoms with Crippen molar-refractivity contribution in [1.82, 2.24) is 4.31 Å². The van der Waals surface area contributed by atoms with Gasteiger partial charge in [0.1, 0.15) is 4.99 Å². The van der Waals surface area contributed by atoms with Crippen LogP contribution >= 0.6 is 12.2 Å². The number of hydrogen-bond acceptors (Lipinski definition) is 4. The summed E-state index contributed by atoms with van der Waals surface area (Å²) in [7, 11) is -3.35. The second-order valence-corrected chi connectivity index (χ2v) is 8.17. The Balaban J connectivity index is 2.12. The third kappa shape index (κ3) is 4.23. The van der Waals surface area contributed by atoms with E-state index in [2.05, 4.69) is 0 Å². The van der Waals surface area contributed by atoms with E-state index >= 15 is 0 Å². The molecule has 1 fully saturated rings. The summed E-state index contributed by atoms with van der Waals surface area (Å²) in [6.45, 7) is 4.99. The van der Waals surface area contributed by atoms with Gasteiger partial charge in [-0.15, -0.1) is 0 Å². The summed E-state index contributed by atoms with van der Waals surface area (Å²) in [5, 5.41) is 0. The molecule has 1 aliphatic heterocycles. The number of nitrogens with two attached hydrogens (primary N) is 1. The number of hydrogen-bond donors (Lipinski definition) is 1. The normalized spacial score (nSPS) is 19.3. The summed E-state index contributed by atoms with van der Waals surface area (Å²) in [5.41, 5.74) is 6.54. The largest absolute Gasteiger partial charge is 0.389 e. The zero-order chi connectivity index (χ0) is 15.7. The fourth-order valence-corrected chi connectivity index (χ4v) is 4.07. The minimum atomic E-state index is -3.35. The zero-order valence-electron chi connectivity index (χ0n) is 12.2. The highest BCUT2D eigenvalue weighted by Gasteiger charge is 2.33. The van der Waals surface area contributed by atoms with Crippen molar-refractivity contribution in [2.75, 3.05) is 19.7 Å². The third-order valence-corrected chi connectivity index (χ3v) is 5.40. The predicted molar refractivity (Wildman–Crippen MR) is 86.6 cm³/mol. The summed E-state index contributed by atoms with van der Waals surface area (Å²) in [4.78, 5) is 0.305. The van der Waals surface area contributed by atoms with E-state index in [9.17, 15) is 8.42 Å². The van der Waals surface area contributed by atoms with E-state index in [-0.39, 0.29) is 5.75 Å². The smallest absolute Gasteiger partial charge is 0.218 e. The molecule has 1 heterocycles. The van der Waals surface area contributed by atoms with Crippen molar-refractivity contribution in [3.8, 4) is 0 Å². The van der Waals surface area contributed by atoms with E-state index in [4.69, 9.17) is 22.7 Å². The molecular formula is C14H20N2O3S2. The highest BCUT2D eigenvalue weighted by atomic mass is 32.2. The number of thiocarbonyl (C=S) groups is 1. The van der Waals surface area contributed by atoms with Crippen LogP contribution in [0.3, 0.4) is 0 Å². The highest BCUT2D eigenvalue weighted by molar-refractivity contribution is 7.88. The fraction of sp³-hybridized carbons (Fsp3) is 0.500. The van der Waals surface area contributed by atoms with E-state index in [1.165, 1.54) is 4.31 Å². The number of morpholine rings is 1. The van der Waals surface area contributed by atoms with Gasteiger partial charge in [-0.05, 0) is 19.4 Å². The van der Waals surface area contributed by atoms with Crippen LogP contribution < -0.4 is 5.73 Å². The van der Waals surface area contributed by atoms with Gasteiger partial charge in [-0.1, -0.05) is 36.5 Å². The van der Waals surface area contributed by atoms with Crippen molar-refractivity contribution in [2.24, 2.45) is 5.73 Å². The quantitative estimate of drug-likeness (QED) is 0.843.